The van der Waals surface area contributed by atoms with Gasteiger partial charge in [0.05, 0.1) is 37.7 Å². The third kappa shape index (κ3) is 5.00. The number of carbonyl (C=O) groups is 1. The predicted octanol–water partition coefficient (Wildman–Crippen LogP) is 7.93. The lowest BCUT2D eigenvalue weighted by Crippen LogP contribution is -2.42. The van der Waals surface area contributed by atoms with Crippen LogP contribution in [0.4, 0.5) is 37.7 Å². The Balaban J connectivity index is 2.18. The van der Waals surface area contributed by atoms with Crippen LogP contribution in [-0.4, -0.2) is 13.0 Å². The van der Waals surface area contributed by atoms with Gasteiger partial charge in [0.25, 0.3) is 0 Å². The van der Waals surface area contributed by atoms with Gasteiger partial charge in [-0.1, -0.05) is 30.8 Å². The monoisotopic (exact) mass is 526 g/mol. The van der Waals surface area contributed by atoms with E-state index >= 15 is 0 Å². The van der Waals surface area contributed by atoms with Crippen LogP contribution in [0.25, 0.3) is 16.5 Å². The highest BCUT2D eigenvalue weighted by Gasteiger charge is 2.41. The molecule has 192 valence electrons. The molecule has 1 heterocycles. The van der Waals surface area contributed by atoms with Crippen LogP contribution in [0.5, 0.6) is 0 Å². The maximum atomic E-state index is 13.7. The number of thiophene rings is 1. The molecule has 0 aliphatic rings. The number of benzene rings is 2. The van der Waals surface area contributed by atoms with Crippen molar-refractivity contribution in [2.24, 2.45) is 0 Å². The van der Waals surface area contributed by atoms with Gasteiger partial charge in [-0.25, -0.2) is 0 Å². The number of rotatable bonds is 5. The molecule has 3 rings (SSSR count). The predicted molar refractivity (Wildman–Crippen MR) is 132 cm³/mol. The number of anilines is 2. The number of likely N-dealkylation sites (N-methyl/N-ethyl adjacent to an activating group) is 1. The van der Waals surface area contributed by atoms with Crippen LogP contribution in [-0.2, 0) is 22.6 Å². The van der Waals surface area contributed by atoms with Gasteiger partial charge in [0.15, 0.2) is 0 Å². The highest BCUT2D eigenvalue weighted by Crippen LogP contribution is 2.47. The van der Waals surface area contributed by atoms with Crippen LogP contribution in [0.2, 0.25) is 0 Å². The first-order valence-corrected chi connectivity index (χ1v) is 11.5. The first-order valence-electron chi connectivity index (χ1n) is 10.7. The molecule has 0 fully saturated rings. The maximum Gasteiger partial charge on any atom is 0.416 e. The molecule has 2 aromatic carbocycles. The number of halogens is 6. The zero-order valence-corrected chi connectivity index (χ0v) is 20.8. The molecular formula is C26H24F6N2OS. The fourth-order valence-electron chi connectivity index (χ4n) is 3.91. The van der Waals surface area contributed by atoms with E-state index in [1.54, 1.807) is 0 Å². The van der Waals surface area contributed by atoms with E-state index in [9.17, 15) is 31.1 Å². The minimum atomic E-state index is -5.03. The second-order valence-corrected chi connectivity index (χ2v) is 9.91. The molecule has 0 aliphatic heterocycles. The SMILES string of the molecule is C=Cc1sc(-c2ccccc2C)c(N(C)C(=O)C(C)(C)c2cc(C(F)(F)F)cc(C(F)(F)F)c2)c1N. The molecule has 0 spiro atoms. The molecule has 1 amide bonds. The van der Waals surface area contributed by atoms with Crippen molar-refractivity contribution in [1.29, 1.82) is 0 Å². The van der Waals surface area contributed by atoms with Crippen molar-refractivity contribution in [3.63, 3.8) is 0 Å². The van der Waals surface area contributed by atoms with Crippen LogP contribution in [0.1, 0.15) is 41.0 Å². The standard InChI is InChI=1S/C26H24F6N2OS/c1-6-19-20(33)21(22(36-19)18-10-8-7-9-14(18)2)34(5)23(35)24(3,4)15-11-16(25(27,28)29)13-17(12-15)26(30,31)32/h6-13H,1,33H2,2-5H3. The minimum absolute atomic E-state index is 0.0390. The van der Waals surface area contributed by atoms with E-state index in [2.05, 4.69) is 6.58 Å². The summed E-state index contributed by atoms with van der Waals surface area (Å²) in [6.45, 7) is 8.18. The maximum absolute atomic E-state index is 13.7. The Bertz CT molecular complexity index is 1290. The van der Waals surface area contributed by atoms with Crippen LogP contribution in [0.15, 0.2) is 49.0 Å². The zero-order valence-electron chi connectivity index (χ0n) is 19.9. The molecule has 0 atom stereocenters. The summed E-state index contributed by atoms with van der Waals surface area (Å²) in [7, 11) is 1.40. The van der Waals surface area contributed by atoms with Crippen molar-refractivity contribution in [3.8, 4) is 10.4 Å². The van der Waals surface area contributed by atoms with E-state index < -0.39 is 40.4 Å². The molecule has 2 N–H and O–H groups in total. The van der Waals surface area contributed by atoms with Crippen LogP contribution >= 0.6 is 11.3 Å². The van der Waals surface area contributed by atoms with E-state index in [-0.39, 0.29) is 11.8 Å². The van der Waals surface area contributed by atoms with Crippen molar-refractivity contribution in [3.05, 3.63) is 76.2 Å². The first kappa shape index (κ1) is 27.3. The summed E-state index contributed by atoms with van der Waals surface area (Å²) in [5, 5.41) is 0. The molecule has 3 nitrogen and oxygen atoms in total. The molecular weight excluding hydrogens is 502 g/mol. The third-order valence-corrected chi connectivity index (χ3v) is 7.23. The van der Waals surface area contributed by atoms with E-state index in [1.165, 1.54) is 43.2 Å². The summed E-state index contributed by atoms with van der Waals surface area (Å²) < 4.78 is 80.6. The second kappa shape index (κ2) is 9.31. The van der Waals surface area contributed by atoms with E-state index in [0.717, 1.165) is 11.1 Å². The molecule has 0 bridgehead atoms. The summed E-state index contributed by atoms with van der Waals surface area (Å²) in [6, 6.07) is 8.55. The zero-order chi connectivity index (χ0) is 27.2. The second-order valence-electron chi connectivity index (χ2n) is 8.86. The van der Waals surface area contributed by atoms with Crippen LogP contribution < -0.4 is 10.6 Å². The Kier molecular flexibility index (Phi) is 7.07. The number of carbonyl (C=O) groups excluding carboxylic acids is 1. The van der Waals surface area contributed by atoms with E-state index in [4.69, 9.17) is 5.73 Å². The van der Waals surface area contributed by atoms with Crippen LogP contribution in [0.3, 0.4) is 0 Å². The lowest BCUT2D eigenvalue weighted by atomic mass is 9.81. The molecule has 1 aromatic heterocycles. The smallest absolute Gasteiger partial charge is 0.396 e. The average molecular weight is 527 g/mol. The number of hydrogen-bond donors (Lipinski definition) is 1. The van der Waals surface area contributed by atoms with Gasteiger partial charge in [-0.15, -0.1) is 11.3 Å². The van der Waals surface area contributed by atoms with Gasteiger partial charge in [0.2, 0.25) is 5.91 Å². The number of hydrogen-bond acceptors (Lipinski definition) is 3. The summed E-state index contributed by atoms with van der Waals surface area (Å²) in [5.41, 5.74) is 3.40. The molecule has 0 unspecified atom stereocenters. The van der Waals surface area contributed by atoms with Crippen molar-refractivity contribution >= 4 is 34.7 Å². The number of nitrogens with zero attached hydrogens (tertiary/aromatic N) is 1. The number of nitrogen functional groups attached to an aromatic ring is 1. The Morgan fingerprint density at radius 3 is 1.94 bits per heavy atom. The van der Waals surface area contributed by atoms with Crippen molar-refractivity contribution < 1.29 is 31.1 Å². The fraction of sp³-hybridized carbons (Fsp3) is 0.269. The minimum Gasteiger partial charge on any atom is -0.396 e. The summed E-state index contributed by atoms with van der Waals surface area (Å²) in [6.07, 6.45) is -8.54. The third-order valence-electron chi connectivity index (χ3n) is 6.01. The summed E-state index contributed by atoms with van der Waals surface area (Å²) in [5.74, 6) is -0.732. The highest BCUT2D eigenvalue weighted by molar-refractivity contribution is 7.17. The van der Waals surface area contributed by atoms with Crippen LogP contribution in [0, 0.1) is 6.92 Å². The average Bonchev–Trinajstić information content (AvgIpc) is 3.12. The molecule has 0 aliphatic carbocycles. The summed E-state index contributed by atoms with van der Waals surface area (Å²) >= 11 is 1.28. The number of aryl methyl sites for hydroxylation is 1. The Labute approximate surface area is 208 Å². The van der Waals surface area contributed by atoms with Crippen molar-refractivity contribution in [2.75, 3.05) is 17.7 Å². The van der Waals surface area contributed by atoms with Gasteiger partial charge in [-0.3, -0.25) is 4.79 Å². The molecule has 0 radical (unpaired) electrons. The van der Waals surface area contributed by atoms with Gasteiger partial charge >= 0.3 is 12.4 Å². The largest absolute Gasteiger partial charge is 0.416 e. The van der Waals surface area contributed by atoms with Crippen molar-refractivity contribution in [1.82, 2.24) is 0 Å². The molecule has 3 aromatic rings. The van der Waals surface area contributed by atoms with Crippen molar-refractivity contribution in [2.45, 2.75) is 38.5 Å². The number of nitrogens with two attached hydrogens (primary N) is 1. The lowest BCUT2D eigenvalue weighted by molar-refractivity contribution is -0.143. The Hall–Kier alpha value is -3.27. The normalized spacial score (nSPS) is 12.5. The highest BCUT2D eigenvalue weighted by atomic mass is 32.1. The topological polar surface area (TPSA) is 46.3 Å². The molecule has 0 saturated carbocycles. The summed E-state index contributed by atoms with van der Waals surface area (Å²) in [4.78, 5) is 16.1. The Morgan fingerprint density at radius 1 is 0.972 bits per heavy atom. The molecule has 36 heavy (non-hydrogen) atoms. The van der Waals surface area contributed by atoms with Gasteiger partial charge in [0.1, 0.15) is 0 Å². The van der Waals surface area contributed by atoms with Gasteiger partial charge < -0.3 is 10.6 Å². The molecule has 10 heteroatoms. The Morgan fingerprint density at radius 2 is 1.47 bits per heavy atom. The van der Waals surface area contributed by atoms with E-state index in [1.807, 2.05) is 31.2 Å². The lowest BCUT2D eigenvalue weighted by Gasteiger charge is -2.31. The van der Waals surface area contributed by atoms with Gasteiger partial charge in [0, 0.05) is 7.05 Å². The number of amides is 1. The van der Waals surface area contributed by atoms with Gasteiger partial charge in [-0.05, 0) is 61.7 Å². The first-order chi connectivity index (χ1) is 16.5. The fourth-order valence-corrected chi connectivity index (χ4v) is 5.10. The molecule has 0 saturated heterocycles. The number of alkyl halides is 6. The quantitative estimate of drug-likeness (QED) is 0.343. The van der Waals surface area contributed by atoms with E-state index in [0.29, 0.717) is 27.6 Å². The van der Waals surface area contributed by atoms with Gasteiger partial charge in [-0.2, -0.15) is 26.3 Å².